The Morgan fingerprint density at radius 1 is 1.14 bits per heavy atom. The van der Waals surface area contributed by atoms with Gasteiger partial charge in [0.05, 0.1) is 11.0 Å². The lowest BCUT2D eigenvalue weighted by molar-refractivity contribution is -0.384. The number of nitro benzene ring substituents is 1. The van der Waals surface area contributed by atoms with E-state index in [-0.39, 0.29) is 29.6 Å². The van der Waals surface area contributed by atoms with Crippen molar-refractivity contribution in [2.45, 2.75) is 53.2 Å². The van der Waals surface area contributed by atoms with E-state index in [9.17, 15) is 19.7 Å². The number of nitrogens with zero attached hydrogens (tertiary/aromatic N) is 1. The summed E-state index contributed by atoms with van der Waals surface area (Å²) in [4.78, 5) is 34.3. The van der Waals surface area contributed by atoms with Crippen LogP contribution >= 0.6 is 0 Å². The standard InChI is InChI=1S/C20H29N3O5/c1-19(2,3)16(13-21-18(25)28-20(4,5)6)22-17(24)12-9-14-7-10-15(11-8-14)23(26)27/h7-12,16H,13H2,1-6H3,(H,21,25)(H,22,24)/b12-9+. The molecular weight excluding hydrogens is 362 g/mol. The van der Waals surface area contributed by atoms with Gasteiger partial charge in [-0.3, -0.25) is 14.9 Å². The molecule has 2 N–H and O–H groups in total. The third kappa shape index (κ3) is 8.66. The van der Waals surface area contributed by atoms with Crippen molar-refractivity contribution in [1.29, 1.82) is 0 Å². The van der Waals surface area contributed by atoms with Crippen LogP contribution in [0.3, 0.4) is 0 Å². The van der Waals surface area contributed by atoms with E-state index in [2.05, 4.69) is 10.6 Å². The van der Waals surface area contributed by atoms with E-state index < -0.39 is 16.6 Å². The highest BCUT2D eigenvalue weighted by molar-refractivity contribution is 5.92. The lowest BCUT2D eigenvalue weighted by Gasteiger charge is -2.31. The maximum Gasteiger partial charge on any atom is 0.407 e. The van der Waals surface area contributed by atoms with Crippen molar-refractivity contribution in [2.24, 2.45) is 5.41 Å². The molecule has 28 heavy (non-hydrogen) atoms. The van der Waals surface area contributed by atoms with Gasteiger partial charge in [0.1, 0.15) is 5.60 Å². The number of nitrogens with one attached hydrogen (secondary N) is 2. The molecule has 0 aromatic heterocycles. The number of carbonyl (C=O) groups is 2. The Morgan fingerprint density at radius 2 is 1.71 bits per heavy atom. The molecule has 1 aromatic rings. The number of nitro groups is 1. The van der Waals surface area contributed by atoms with Crippen LogP contribution in [-0.2, 0) is 9.53 Å². The fourth-order valence-electron chi connectivity index (χ4n) is 2.17. The van der Waals surface area contributed by atoms with Crippen LogP contribution in [0.1, 0.15) is 47.1 Å². The van der Waals surface area contributed by atoms with Crippen LogP contribution in [0.2, 0.25) is 0 Å². The quantitative estimate of drug-likeness (QED) is 0.437. The first-order chi connectivity index (χ1) is 12.8. The summed E-state index contributed by atoms with van der Waals surface area (Å²) in [5, 5.41) is 16.2. The molecule has 8 heteroatoms. The van der Waals surface area contributed by atoms with Crippen molar-refractivity contribution in [3.8, 4) is 0 Å². The van der Waals surface area contributed by atoms with Gasteiger partial charge in [0.2, 0.25) is 5.91 Å². The van der Waals surface area contributed by atoms with Crippen LogP contribution in [0.4, 0.5) is 10.5 Å². The van der Waals surface area contributed by atoms with E-state index in [1.54, 1.807) is 39.0 Å². The Balaban J connectivity index is 2.69. The average molecular weight is 391 g/mol. The summed E-state index contributed by atoms with van der Waals surface area (Å²) in [5.41, 5.74) is -0.244. The van der Waals surface area contributed by atoms with E-state index in [0.717, 1.165) is 0 Å². The first-order valence-corrected chi connectivity index (χ1v) is 8.98. The van der Waals surface area contributed by atoms with Crippen molar-refractivity contribution in [1.82, 2.24) is 10.6 Å². The minimum Gasteiger partial charge on any atom is -0.444 e. The molecule has 0 heterocycles. The number of amides is 2. The van der Waals surface area contributed by atoms with Crippen molar-refractivity contribution < 1.29 is 19.2 Å². The molecule has 0 saturated carbocycles. The maximum atomic E-state index is 12.3. The molecule has 0 aliphatic rings. The SMILES string of the molecule is CC(C)(C)OC(=O)NCC(NC(=O)/C=C/c1ccc([N+](=O)[O-])cc1)C(C)(C)C. The van der Waals surface area contributed by atoms with Gasteiger partial charge in [0.25, 0.3) is 5.69 Å². The van der Waals surface area contributed by atoms with Crippen LogP contribution in [0.5, 0.6) is 0 Å². The Kier molecular flexibility index (Phi) is 7.72. The summed E-state index contributed by atoms with van der Waals surface area (Å²) in [6, 6.07) is 5.55. The summed E-state index contributed by atoms with van der Waals surface area (Å²) in [5.74, 6) is -0.329. The van der Waals surface area contributed by atoms with Gasteiger partial charge in [-0.2, -0.15) is 0 Å². The van der Waals surface area contributed by atoms with E-state index >= 15 is 0 Å². The lowest BCUT2D eigenvalue weighted by atomic mass is 9.86. The molecule has 0 spiro atoms. The van der Waals surface area contributed by atoms with Gasteiger partial charge in [0, 0.05) is 24.8 Å². The number of rotatable bonds is 6. The molecule has 0 aliphatic carbocycles. The molecule has 1 aromatic carbocycles. The fraction of sp³-hybridized carbons (Fsp3) is 0.500. The van der Waals surface area contributed by atoms with Gasteiger partial charge in [0.15, 0.2) is 0 Å². The number of ether oxygens (including phenoxy) is 1. The highest BCUT2D eigenvalue weighted by Gasteiger charge is 2.27. The van der Waals surface area contributed by atoms with Crippen molar-refractivity contribution >= 4 is 23.8 Å². The first kappa shape index (κ1) is 23.1. The highest BCUT2D eigenvalue weighted by atomic mass is 16.6. The molecule has 1 unspecified atom stereocenters. The average Bonchev–Trinajstić information content (AvgIpc) is 2.54. The number of benzene rings is 1. The second-order valence-electron chi connectivity index (χ2n) is 8.49. The zero-order valence-corrected chi connectivity index (χ0v) is 17.2. The number of alkyl carbamates (subject to hydrolysis) is 1. The Bertz CT molecular complexity index is 728. The van der Waals surface area contributed by atoms with Gasteiger partial charge >= 0.3 is 6.09 Å². The Labute approximate surface area is 165 Å². The van der Waals surface area contributed by atoms with Gasteiger partial charge in [-0.05, 0) is 50.0 Å². The minimum absolute atomic E-state index is 0.0115. The second kappa shape index (κ2) is 9.34. The van der Waals surface area contributed by atoms with Gasteiger partial charge in [-0.25, -0.2) is 4.79 Å². The molecule has 1 atom stereocenters. The van der Waals surface area contributed by atoms with E-state index in [1.165, 1.54) is 18.2 Å². The molecule has 0 radical (unpaired) electrons. The summed E-state index contributed by atoms with van der Waals surface area (Å²) >= 11 is 0. The van der Waals surface area contributed by atoms with E-state index in [4.69, 9.17) is 4.74 Å². The smallest absolute Gasteiger partial charge is 0.407 e. The van der Waals surface area contributed by atoms with Crippen LogP contribution < -0.4 is 10.6 Å². The molecule has 1 rings (SSSR count). The van der Waals surface area contributed by atoms with Crippen LogP contribution in [0.15, 0.2) is 30.3 Å². The molecule has 0 aliphatic heterocycles. The summed E-state index contributed by atoms with van der Waals surface area (Å²) in [7, 11) is 0. The topological polar surface area (TPSA) is 111 Å². The number of hydrogen-bond acceptors (Lipinski definition) is 5. The predicted molar refractivity (Wildman–Crippen MR) is 108 cm³/mol. The van der Waals surface area contributed by atoms with Crippen LogP contribution in [-0.4, -0.2) is 35.1 Å². The molecule has 0 fully saturated rings. The predicted octanol–water partition coefficient (Wildman–Crippen LogP) is 3.66. The van der Waals surface area contributed by atoms with Gasteiger partial charge in [-0.15, -0.1) is 0 Å². The van der Waals surface area contributed by atoms with Crippen LogP contribution in [0, 0.1) is 15.5 Å². The monoisotopic (exact) mass is 391 g/mol. The normalized spacial score (nSPS) is 13.1. The number of carbonyl (C=O) groups excluding carboxylic acids is 2. The summed E-state index contributed by atoms with van der Waals surface area (Å²) in [6.45, 7) is 11.4. The summed E-state index contributed by atoms with van der Waals surface area (Å²) < 4.78 is 5.21. The van der Waals surface area contributed by atoms with Gasteiger partial charge in [-0.1, -0.05) is 20.8 Å². The third-order valence-electron chi connectivity index (χ3n) is 3.74. The summed E-state index contributed by atoms with van der Waals surface area (Å²) in [6.07, 6.45) is 2.38. The maximum absolute atomic E-state index is 12.3. The van der Waals surface area contributed by atoms with Gasteiger partial charge < -0.3 is 15.4 Å². The zero-order valence-electron chi connectivity index (χ0n) is 17.2. The van der Waals surface area contributed by atoms with Crippen molar-refractivity contribution in [3.63, 3.8) is 0 Å². The van der Waals surface area contributed by atoms with Crippen LogP contribution in [0.25, 0.3) is 6.08 Å². The number of hydrogen-bond donors (Lipinski definition) is 2. The number of non-ortho nitro benzene ring substituents is 1. The lowest BCUT2D eigenvalue weighted by Crippen LogP contribution is -2.50. The van der Waals surface area contributed by atoms with E-state index in [1.807, 2.05) is 20.8 Å². The van der Waals surface area contributed by atoms with E-state index in [0.29, 0.717) is 5.56 Å². The van der Waals surface area contributed by atoms with Crippen molar-refractivity contribution in [2.75, 3.05) is 6.54 Å². The molecule has 2 amide bonds. The fourth-order valence-corrected chi connectivity index (χ4v) is 2.17. The second-order valence-corrected chi connectivity index (χ2v) is 8.49. The molecule has 0 bridgehead atoms. The largest absolute Gasteiger partial charge is 0.444 e. The zero-order chi connectivity index (χ0) is 21.5. The molecule has 8 nitrogen and oxygen atoms in total. The Morgan fingerprint density at radius 3 is 2.18 bits per heavy atom. The molecule has 154 valence electrons. The first-order valence-electron chi connectivity index (χ1n) is 8.98. The molecule has 0 saturated heterocycles. The molecular formula is C20H29N3O5. The Hall–Kier alpha value is -2.90. The highest BCUT2D eigenvalue weighted by Crippen LogP contribution is 2.19. The minimum atomic E-state index is -0.599. The van der Waals surface area contributed by atoms with Crippen molar-refractivity contribution in [3.05, 3.63) is 46.0 Å². The third-order valence-corrected chi connectivity index (χ3v) is 3.74.